The fraction of sp³-hybridized carbons (Fsp3) is 0.708. The first-order valence-corrected chi connectivity index (χ1v) is 12.6. The molecule has 0 aromatic carbocycles. The van der Waals surface area contributed by atoms with Crippen LogP contribution in [0.4, 0.5) is 17.6 Å². The molecule has 10 heteroatoms. The second-order valence-corrected chi connectivity index (χ2v) is 10.6. The first-order chi connectivity index (χ1) is 16.5. The van der Waals surface area contributed by atoms with Crippen molar-refractivity contribution in [1.82, 2.24) is 24.4 Å². The molecule has 4 aliphatic carbocycles. The van der Waals surface area contributed by atoms with Gasteiger partial charge >= 0.3 is 0 Å². The van der Waals surface area contributed by atoms with Gasteiger partial charge in [-0.15, -0.1) is 0 Å². The third-order valence-corrected chi connectivity index (χ3v) is 7.96. The van der Waals surface area contributed by atoms with Crippen LogP contribution in [0.5, 0.6) is 5.88 Å². The van der Waals surface area contributed by atoms with Crippen molar-refractivity contribution in [3.8, 4) is 5.88 Å². The number of rotatable bonds is 8. The lowest BCUT2D eigenvalue weighted by Crippen LogP contribution is -2.59. The smallest absolute Gasteiger partial charge is 0.228 e. The number of hydrogen-bond donors (Lipinski definition) is 3. The van der Waals surface area contributed by atoms with E-state index in [9.17, 15) is 5.11 Å². The Morgan fingerprint density at radius 3 is 2.65 bits per heavy atom. The summed E-state index contributed by atoms with van der Waals surface area (Å²) >= 11 is 0. The van der Waals surface area contributed by atoms with Gasteiger partial charge in [0.2, 0.25) is 11.8 Å². The van der Waals surface area contributed by atoms with Gasteiger partial charge in [-0.05, 0) is 49.9 Å². The zero-order valence-corrected chi connectivity index (χ0v) is 19.8. The molecule has 3 N–H and O–H groups in total. The minimum atomic E-state index is -0.453. The molecule has 2 unspecified atom stereocenters. The quantitative estimate of drug-likeness (QED) is 0.535. The topological polar surface area (TPSA) is 110 Å². The maximum absolute atomic E-state index is 10.9. The predicted molar refractivity (Wildman–Crippen MR) is 127 cm³/mol. The van der Waals surface area contributed by atoms with Crippen LogP contribution in [-0.2, 0) is 11.8 Å². The highest BCUT2D eigenvalue weighted by atomic mass is 16.5. The molecule has 10 nitrogen and oxygen atoms in total. The first kappa shape index (κ1) is 22.1. The SMILES string of the molecule is Cn1cnc(Nc2cc(OCCN3CCOCC3)nc(NC3C4CC5CC3CC(O)(C5)C4)n2)c1. The molecular weight excluding hydrogens is 434 g/mol. The molecule has 7 rings (SSSR count). The number of aromatic nitrogens is 4. The Hall–Kier alpha value is -2.43. The molecule has 0 radical (unpaired) electrons. The molecule has 4 saturated carbocycles. The number of aliphatic hydroxyl groups is 1. The van der Waals surface area contributed by atoms with Crippen molar-refractivity contribution >= 4 is 17.6 Å². The van der Waals surface area contributed by atoms with Crippen LogP contribution < -0.4 is 15.4 Å². The molecule has 2 atom stereocenters. The van der Waals surface area contributed by atoms with Gasteiger partial charge in [-0.3, -0.25) is 4.90 Å². The van der Waals surface area contributed by atoms with Gasteiger partial charge in [0.15, 0.2) is 0 Å². The highest BCUT2D eigenvalue weighted by Gasteiger charge is 2.54. The summed E-state index contributed by atoms with van der Waals surface area (Å²) in [6, 6.07) is 2.13. The van der Waals surface area contributed by atoms with Crippen molar-refractivity contribution in [2.24, 2.45) is 24.8 Å². The second kappa shape index (κ2) is 8.98. The van der Waals surface area contributed by atoms with Gasteiger partial charge < -0.3 is 29.8 Å². The maximum Gasteiger partial charge on any atom is 0.228 e. The van der Waals surface area contributed by atoms with E-state index in [-0.39, 0.29) is 0 Å². The van der Waals surface area contributed by atoms with E-state index in [0.29, 0.717) is 48.0 Å². The summed E-state index contributed by atoms with van der Waals surface area (Å²) in [5.74, 6) is 4.11. The minimum absolute atomic E-state index is 0.295. The fourth-order valence-electron chi connectivity index (χ4n) is 6.71. The molecule has 1 saturated heterocycles. The van der Waals surface area contributed by atoms with Gasteiger partial charge in [-0.25, -0.2) is 4.98 Å². The molecular formula is C24H35N7O3. The summed E-state index contributed by atoms with van der Waals surface area (Å²) in [4.78, 5) is 16.2. The van der Waals surface area contributed by atoms with E-state index >= 15 is 0 Å². The Labute approximate surface area is 200 Å². The van der Waals surface area contributed by atoms with Gasteiger partial charge in [-0.1, -0.05) is 0 Å². The van der Waals surface area contributed by atoms with Crippen molar-refractivity contribution in [2.75, 3.05) is 50.1 Å². The number of aryl methyl sites for hydroxylation is 1. The summed E-state index contributed by atoms with van der Waals surface area (Å²) in [5, 5.41) is 17.9. The van der Waals surface area contributed by atoms with Crippen molar-refractivity contribution in [2.45, 2.75) is 43.7 Å². The van der Waals surface area contributed by atoms with E-state index in [4.69, 9.17) is 19.4 Å². The standard InChI is InChI=1S/C24H35N7O3/c1-30-14-20(25-15-30)26-19-10-21(34-7-4-31-2-5-33-6-3-31)28-23(27-19)29-22-17-8-16-9-18(22)13-24(32,11-16)12-17/h10,14-18,22,32H,2-9,11-13H2,1H3,(H2,26,27,28,29). The largest absolute Gasteiger partial charge is 0.476 e. The summed E-state index contributed by atoms with van der Waals surface area (Å²) in [6.45, 7) is 4.82. The number of imidazole rings is 1. The van der Waals surface area contributed by atoms with Crippen molar-refractivity contribution in [1.29, 1.82) is 0 Å². The highest BCUT2D eigenvalue weighted by molar-refractivity contribution is 5.54. The van der Waals surface area contributed by atoms with Crippen LogP contribution in [0.1, 0.15) is 32.1 Å². The Morgan fingerprint density at radius 2 is 1.94 bits per heavy atom. The number of nitrogens with one attached hydrogen (secondary N) is 2. The van der Waals surface area contributed by atoms with Crippen LogP contribution in [0.15, 0.2) is 18.6 Å². The van der Waals surface area contributed by atoms with E-state index in [1.54, 1.807) is 6.33 Å². The summed E-state index contributed by atoms with van der Waals surface area (Å²) < 4.78 is 13.4. The minimum Gasteiger partial charge on any atom is -0.476 e. The molecule has 1 aliphatic heterocycles. The van der Waals surface area contributed by atoms with Crippen LogP contribution >= 0.6 is 0 Å². The van der Waals surface area contributed by atoms with Crippen LogP contribution in [0.25, 0.3) is 0 Å². The Balaban J connectivity index is 1.18. The lowest BCUT2D eigenvalue weighted by molar-refractivity contribution is -0.129. The van der Waals surface area contributed by atoms with E-state index in [2.05, 4.69) is 20.5 Å². The molecule has 5 fully saturated rings. The zero-order chi connectivity index (χ0) is 23.1. The number of nitrogens with zero attached hydrogens (tertiary/aromatic N) is 5. The van der Waals surface area contributed by atoms with Crippen LogP contribution in [0, 0.1) is 17.8 Å². The normalized spacial score (nSPS) is 32.6. The van der Waals surface area contributed by atoms with Crippen LogP contribution in [0.3, 0.4) is 0 Å². The summed E-state index contributed by atoms with van der Waals surface area (Å²) in [7, 11) is 1.94. The van der Waals surface area contributed by atoms with Gasteiger partial charge in [0.1, 0.15) is 18.2 Å². The van der Waals surface area contributed by atoms with E-state index in [1.807, 2.05) is 23.9 Å². The summed E-state index contributed by atoms with van der Waals surface area (Å²) in [5.41, 5.74) is -0.453. The molecule has 5 aliphatic rings. The average Bonchev–Trinajstić information content (AvgIpc) is 3.20. The van der Waals surface area contributed by atoms with Gasteiger partial charge in [0.05, 0.1) is 25.1 Å². The van der Waals surface area contributed by atoms with E-state index in [0.717, 1.165) is 57.9 Å². The molecule has 0 spiro atoms. The first-order valence-electron chi connectivity index (χ1n) is 12.6. The fourth-order valence-corrected chi connectivity index (χ4v) is 6.71. The molecule has 0 amide bonds. The number of anilines is 3. The Morgan fingerprint density at radius 1 is 1.15 bits per heavy atom. The van der Waals surface area contributed by atoms with Gasteiger partial charge in [0.25, 0.3) is 0 Å². The van der Waals surface area contributed by atoms with Crippen molar-refractivity contribution < 1.29 is 14.6 Å². The lowest BCUT2D eigenvalue weighted by atomic mass is 9.52. The summed E-state index contributed by atoms with van der Waals surface area (Å²) in [6.07, 6.45) is 8.78. The molecule has 4 bridgehead atoms. The average molecular weight is 470 g/mol. The molecule has 34 heavy (non-hydrogen) atoms. The Bertz CT molecular complexity index is 992. The molecule has 2 aromatic rings. The van der Waals surface area contributed by atoms with E-state index < -0.39 is 5.60 Å². The highest BCUT2D eigenvalue weighted by Crippen LogP contribution is 2.56. The number of ether oxygens (including phenoxy) is 2. The third-order valence-electron chi connectivity index (χ3n) is 7.96. The lowest BCUT2D eigenvalue weighted by Gasteiger charge is -2.58. The monoisotopic (exact) mass is 469 g/mol. The number of morpholine rings is 1. The second-order valence-electron chi connectivity index (χ2n) is 10.6. The van der Waals surface area contributed by atoms with Crippen molar-refractivity contribution in [3.63, 3.8) is 0 Å². The zero-order valence-electron chi connectivity index (χ0n) is 19.8. The van der Waals surface area contributed by atoms with Gasteiger partial charge in [-0.2, -0.15) is 9.97 Å². The molecule has 2 aromatic heterocycles. The maximum atomic E-state index is 10.9. The third kappa shape index (κ3) is 4.71. The van der Waals surface area contributed by atoms with Crippen molar-refractivity contribution in [3.05, 3.63) is 18.6 Å². The van der Waals surface area contributed by atoms with Gasteiger partial charge in [0, 0.05) is 45.0 Å². The molecule has 184 valence electrons. The number of hydrogen-bond acceptors (Lipinski definition) is 9. The molecule has 3 heterocycles. The predicted octanol–water partition coefficient (Wildman–Crippen LogP) is 2.02. The van der Waals surface area contributed by atoms with E-state index in [1.165, 1.54) is 12.8 Å². The Kier molecular flexibility index (Phi) is 5.82. The van der Waals surface area contributed by atoms with Crippen LogP contribution in [0.2, 0.25) is 0 Å². The van der Waals surface area contributed by atoms with Crippen LogP contribution in [-0.4, -0.2) is 80.6 Å².